The molecule has 0 saturated carbocycles. The minimum atomic E-state index is -0.908. The number of ether oxygens (including phenoxy) is 1. The summed E-state index contributed by atoms with van der Waals surface area (Å²) in [6.45, 7) is 0. The summed E-state index contributed by atoms with van der Waals surface area (Å²) < 4.78 is 31.6. The third-order valence-corrected chi connectivity index (χ3v) is 4.35. The van der Waals surface area contributed by atoms with Crippen molar-refractivity contribution in [1.29, 1.82) is 0 Å². The van der Waals surface area contributed by atoms with E-state index in [4.69, 9.17) is 11.6 Å². The standard InChI is InChI=1S/C19H16ClF2NO2/c1-25-18(24)4-2-3-13-14-10-12(20)6-8-17(14)23-19(13)11-5-7-15(21)16(22)9-11/h5-10,23H,2-4H2,1H3. The Balaban J connectivity index is 2.05. The van der Waals surface area contributed by atoms with Crippen LogP contribution < -0.4 is 0 Å². The van der Waals surface area contributed by atoms with E-state index in [1.165, 1.54) is 13.2 Å². The first-order valence-electron chi connectivity index (χ1n) is 7.82. The van der Waals surface area contributed by atoms with Crippen LogP contribution in [0.5, 0.6) is 0 Å². The van der Waals surface area contributed by atoms with Gasteiger partial charge in [0.2, 0.25) is 0 Å². The fourth-order valence-electron chi connectivity index (χ4n) is 2.89. The number of benzene rings is 2. The summed E-state index contributed by atoms with van der Waals surface area (Å²) in [7, 11) is 1.35. The van der Waals surface area contributed by atoms with Crippen LogP contribution in [0, 0.1) is 11.6 Å². The number of fused-ring (bicyclic) bond motifs is 1. The molecule has 0 atom stereocenters. The minimum absolute atomic E-state index is 0.279. The second-order valence-corrected chi connectivity index (χ2v) is 6.16. The van der Waals surface area contributed by atoms with Gasteiger partial charge in [-0.2, -0.15) is 0 Å². The number of aryl methyl sites for hydroxylation is 1. The van der Waals surface area contributed by atoms with Gasteiger partial charge in [0.15, 0.2) is 11.6 Å². The molecule has 0 aliphatic carbocycles. The lowest BCUT2D eigenvalue weighted by Crippen LogP contribution is -2.01. The van der Waals surface area contributed by atoms with E-state index < -0.39 is 11.6 Å². The Morgan fingerprint density at radius 3 is 2.68 bits per heavy atom. The van der Waals surface area contributed by atoms with Crippen LogP contribution in [0.3, 0.4) is 0 Å². The number of halogens is 3. The molecule has 130 valence electrons. The Morgan fingerprint density at radius 1 is 1.16 bits per heavy atom. The predicted octanol–water partition coefficient (Wildman–Crippen LogP) is 5.26. The van der Waals surface area contributed by atoms with Crippen LogP contribution in [0.1, 0.15) is 18.4 Å². The quantitative estimate of drug-likeness (QED) is 0.628. The molecular formula is C19H16ClF2NO2. The Kier molecular flexibility index (Phi) is 5.04. The molecule has 2 aromatic carbocycles. The highest BCUT2D eigenvalue weighted by Crippen LogP contribution is 2.33. The number of esters is 1. The third-order valence-electron chi connectivity index (χ3n) is 4.11. The molecule has 1 N–H and O–H groups in total. The van der Waals surface area contributed by atoms with Crippen LogP contribution in [0.15, 0.2) is 36.4 Å². The minimum Gasteiger partial charge on any atom is -0.469 e. The number of hydrogen-bond acceptors (Lipinski definition) is 2. The largest absolute Gasteiger partial charge is 0.469 e. The lowest BCUT2D eigenvalue weighted by Gasteiger charge is -2.06. The first-order valence-corrected chi connectivity index (χ1v) is 8.19. The lowest BCUT2D eigenvalue weighted by atomic mass is 10.00. The maximum absolute atomic E-state index is 13.6. The van der Waals surface area contributed by atoms with E-state index in [-0.39, 0.29) is 12.4 Å². The highest BCUT2D eigenvalue weighted by Gasteiger charge is 2.15. The molecule has 0 bridgehead atoms. The van der Waals surface area contributed by atoms with Crippen molar-refractivity contribution in [2.45, 2.75) is 19.3 Å². The maximum Gasteiger partial charge on any atom is 0.305 e. The summed E-state index contributed by atoms with van der Waals surface area (Å²) >= 11 is 6.10. The van der Waals surface area contributed by atoms with Crippen molar-refractivity contribution in [3.05, 3.63) is 58.6 Å². The van der Waals surface area contributed by atoms with E-state index in [1.54, 1.807) is 6.07 Å². The van der Waals surface area contributed by atoms with Crippen molar-refractivity contribution in [3.8, 4) is 11.3 Å². The summed E-state index contributed by atoms with van der Waals surface area (Å²) in [5, 5.41) is 1.48. The van der Waals surface area contributed by atoms with E-state index in [2.05, 4.69) is 9.72 Å². The first-order chi connectivity index (χ1) is 12.0. The third kappa shape index (κ3) is 3.66. The molecule has 1 heterocycles. The maximum atomic E-state index is 13.6. The van der Waals surface area contributed by atoms with Crippen LogP contribution in [0.25, 0.3) is 22.2 Å². The average molecular weight is 364 g/mol. The van der Waals surface area contributed by atoms with E-state index in [1.807, 2.05) is 12.1 Å². The predicted molar refractivity (Wildman–Crippen MR) is 93.6 cm³/mol. The summed E-state index contributed by atoms with van der Waals surface area (Å²) in [6, 6.07) is 9.20. The molecule has 1 aromatic heterocycles. The summed E-state index contributed by atoms with van der Waals surface area (Å²) in [5.41, 5.74) is 2.99. The summed E-state index contributed by atoms with van der Waals surface area (Å²) in [4.78, 5) is 14.6. The topological polar surface area (TPSA) is 42.1 Å². The van der Waals surface area contributed by atoms with Crippen LogP contribution in [0.2, 0.25) is 5.02 Å². The zero-order chi connectivity index (χ0) is 18.0. The van der Waals surface area contributed by atoms with Gasteiger partial charge in [0.1, 0.15) is 0 Å². The number of nitrogens with one attached hydrogen (secondary N) is 1. The molecule has 0 aliphatic rings. The number of aromatic amines is 1. The number of carbonyl (C=O) groups excluding carboxylic acids is 1. The highest BCUT2D eigenvalue weighted by molar-refractivity contribution is 6.31. The Labute approximate surface area is 148 Å². The number of methoxy groups -OCH3 is 1. The van der Waals surface area contributed by atoms with Crippen LogP contribution in [-0.2, 0) is 16.0 Å². The van der Waals surface area contributed by atoms with Gasteiger partial charge in [0.05, 0.1) is 7.11 Å². The van der Waals surface area contributed by atoms with Crippen molar-refractivity contribution in [1.82, 2.24) is 4.98 Å². The molecular weight excluding hydrogens is 348 g/mol. The molecule has 3 rings (SSSR count). The monoisotopic (exact) mass is 363 g/mol. The van der Waals surface area contributed by atoms with Gasteiger partial charge in [0.25, 0.3) is 0 Å². The van der Waals surface area contributed by atoms with Gasteiger partial charge >= 0.3 is 5.97 Å². The fraction of sp³-hybridized carbons (Fsp3) is 0.211. The van der Waals surface area contributed by atoms with Gasteiger partial charge in [-0.15, -0.1) is 0 Å². The van der Waals surface area contributed by atoms with E-state index >= 15 is 0 Å². The van der Waals surface area contributed by atoms with Gasteiger partial charge in [0, 0.05) is 33.6 Å². The highest BCUT2D eigenvalue weighted by atomic mass is 35.5. The Bertz CT molecular complexity index is 937. The molecule has 3 aromatic rings. The van der Waals surface area contributed by atoms with Crippen molar-refractivity contribution < 1.29 is 18.3 Å². The molecule has 6 heteroatoms. The van der Waals surface area contributed by atoms with E-state index in [0.717, 1.165) is 28.6 Å². The zero-order valence-corrected chi connectivity index (χ0v) is 14.3. The van der Waals surface area contributed by atoms with Crippen LogP contribution in [-0.4, -0.2) is 18.1 Å². The first kappa shape index (κ1) is 17.4. The zero-order valence-electron chi connectivity index (χ0n) is 13.5. The molecule has 0 amide bonds. The smallest absolute Gasteiger partial charge is 0.305 e. The van der Waals surface area contributed by atoms with Crippen LogP contribution in [0.4, 0.5) is 8.78 Å². The Morgan fingerprint density at radius 2 is 1.96 bits per heavy atom. The van der Waals surface area contributed by atoms with Gasteiger partial charge in [-0.05, 0) is 54.8 Å². The molecule has 0 spiro atoms. The van der Waals surface area contributed by atoms with E-state index in [0.29, 0.717) is 29.1 Å². The number of rotatable bonds is 5. The fourth-order valence-corrected chi connectivity index (χ4v) is 3.06. The van der Waals surface area contributed by atoms with Gasteiger partial charge < -0.3 is 9.72 Å². The second-order valence-electron chi connectivity index (χ2n) is 5.73. The van der Waals surface area contributed by atoms with Gasteiger partial charge in [-0.1, -0.05) is 11.6 Å². The number of carbonyl (C=O) groups is 1. The summed E-state index contributed by atoms with van der Waals surface area (Å²) in [6.07, 6.45) is 1.42. The molecule has 0 fully saturated rings. The van der Waals surface area contributed by atoms with Gasteiger partial charge in [-0.3, -0.25) is 4.79 Å². The number of aromatic nitrogens is 1. The molecule has 25 heavy (non-hydrogen) atoms. The normalized spacial score (nSPS) is 11.0. The molecule has 0 radical (unpaired) electrons. The Hall–Kier alpha value is -2.40. The van der Waals surface area contributed by atoms with Gasteiger partial charge in [-0.25, -0.2) is 8.78 Å². The average Bonchev–Trinajstić information content (AvgIpc) is 2.95. The molecule has 0 saturated heterocycles. The molecule has 0 aliphatic heterocycles. The SMILES string of the molecule is COC(=O)CCCc1c(-c2ccc(F)c(F)c2)[nH]c2ccc(Cl)cc12. The lowest BCUT2D eigenvalue weighted by molar-refractivity contribution is -0.140. The molecule has 0 unspecified atom stereocenters. The van der Waals surface area contributed by atoms with Crippen molar-refractivity contribution in [2.75, 3.05) is 7.11 Å². The molecule has 3 nitrogen and oxygen atoms in total. The van der Waals surface area contributed by atoms with Crippen molar-refractivity contribution in [2.24, 2.45) is 0 Å². The van der Waals surface area contributed by atoms with Crippen molar-refractivity contribution in [3.63, 3.8) is 0 Å². The van der Waals surface area contributed by atoms with Crippen LogP contribution >= 0.6 is 11.6 Å². The van der Waals surface area contributed by atoms with E-state index in [9.17, 15) is 13.6 Å². The number of H-pyrrole nitrogens is 1. The van der Waals surface area contributed by atoms with Crippen molar-refractivity contribution >= 4 is 28.5 Å². The second kappa shape index (κ2) is 7.23. The number of hydrogen-bond donors (Lipinski definition) is 1. The summed E-state index contributed by atoms with van der Waals surface area (Å²) in [5.74, 6) is -2.09.